The molecule has 0 aliphatic heterocycles. The standard InChI is InChI=1S/C15H12BrF3N6/c16-11-6-8(4-5-21-11)25(7-12(18)19)14-13-9(17)2-1-3-10(13)22-15(23-14)24-20/h1-6,12H,7,20H2,(H,22,23,24). The Morgan fingerprint density at radius 2 is 2.04 bits per heavy atom. The zero-order chi connectivity index (χ0) is 18.0. The number of anilines is 3. The quantitative estimate of drug-likeness (QED) is 0.378. The average Bonchev–Trinajstić information content (AvgIpc) is 2.58. The lowest BCUT2D eigenvalue weighted by Gasteiger charge is -2.25. The van der Waals surface area contributed by atoms with Crippen molar-refractivity contribution in [2.75, 3.05) is 16.9 Å². The van der Waals surface area contributed by atoms with Crippen molar-refractivity contribution in [2.24, 2.45) is 5.84 Å². The fourth-order valence-corrected chi connectivity index (χ4v) is 2.75. The van der Waals surface area contributed by atoms with Gasteiger partial charge >= 0.3 is 0 Å². The van der Waals surface area contributed by atoms with Crippen LogP contribution < -0.4 is 16.2 Å². The van der Waals surface area contributed by atoms with Crippen molar-refractivity contribution in [3.05, 3.63) is 46.9 Å². The summed E-state index contributed by atoms with van der Waals surface area (Å²) in [6.45, 7) is -0.694. The Morgan fingerprint density at radius 3 is 2.72 bits per heavy atom. The van der Waals surface area contributed by atoms with Crippen LogP contribution in [0.5, 0.6) is 0 Å². The highest BCUT2D eigenvalue weighted by Gasteiger charge is 2.22. The van der Waals surface area contributed by atoms with E-state index in [1.165, 1.54) is 35.4 Å². The average molecular weight is 413 g/mol. The molecule has 0 spiro atoms. The van der Waals surface area contributed by atoms with Crippen LogP contribution in [0.25, 0.3) is 10.9 Å². The zero-order valence-electron chi connectivity index (χ0n) is 12.6. The molecule has 1 aromatic carbocycles. The van der Waals surface area contributed by atoms with E-state index in [0.717, 1.165) is 0 Å². The third-order valence-corrected chi connectivity index (χ3v) is 3.81. The third kappa shape index (κ3) is 3.64. The number of alkyl halides is 2. The van der Waals surface area contributed by atoms with Gasteiger partial charge in [-0.25, -0.2) is 29.0 Å². The molecule has 3 rings (SSSR count). The predicted octanol–water partition coefficient (Wildman–Crippen LogP) is 3.62. The topological polar surface area (TPSA) is 80.0 Å². The van der Waals surface area contributed by atoms with E-state index in [2.05, 4.69) is 36.3 Å². The lowest BCUT2D eigenvalue weighted by Crippen LogP contribution is -2.26. The van der Waals surface area contributed by atoms with Gasteiger partial charge < -0.3 is 4.90 Å². The first kappa shape index (κ1) is 17.4. The number of halogens is 4. The van der Waals surface area contributed by atoms with Gasteiger partial charge in [-0.2, -0.15) is 4.98 Å². The van der Waals surface area contributed by atoms with Crippen molar-refractivity contribution in [3.8, 4) is 0 Å². The van der Waals surface area contributed by atoms with E-state index in [1.807, 2.05) is 0 Å². The first-order valence-corrected chi connectivity index (χ1v) is 7.89. The number of fused-ring (bicyclic) bond motifs is 1. The van der Waals surface area contributed by atoms with E-state index in [9.17, 15) is 13.2 Å². The number of hydrogen-bond acceptors (Lipinski definition) is 6. The van der Waals surface area contributed by atoms with Gasteiger partial charge in [-0.15, -0.1) is 0 Å². The number of nitrogens with one attached hydrogen (secondary N) is 1. The molecular weight excluding hydrogens is 401 g/mol. The van der Waals surface area contributed by atoms with Gasteiger partial charge in [-0.1, -0.05) is 6.07 Å². The fourth-order valence-electron chi connectivity index (χ4n) is 2.39. The molecule has 10 heteroatoms. The molecule has 130 valence electrons. The smallest absolute Gasteiger partial charge is 0.256 e. The zero-order valence-corrected chi connectivity index (χ0v) is 14.2. The van der Waals surface area contributed by atoms with Gasteiger partial charge in [0.25, 0.3) is 6.43 Å². The number of hydrogen-bond donors (Lipinski definition) is 2. The molecule has 0 amide bonds. The summed E-state index contributed by atoms with van der Waals surface area (Å²) in [5, 5.41) is 0.0232. The number of pyridine rings is 1. The molecular formula is C15H12BrF3N6. The molecule has 0 bridgehead atoms. The van der Waals surface area contributed by atoms with E-state index < -0.39 is 18.8 Å². The Balaban J connectivity index is 2.28. The van der Waals surface area contributed by atoms with Crippen LogP contribution in [0.3, 0.4) is 0 Å². The van der Waals surface area contributed by atoms with Crippen molar-refractivity contribution in [2.45, 2.75) is 6.43 Å². The van der Waals surface area contributed by atoms with Crippen LogP contribution in [0, 0.1) is 5.82 Å². The van der Waals surface area contributed by atoms with Gasteiger partial charge in [0.1, 0.15) is 16.2 Å². The molecule has 2 aromatic heterocycles. The highest BCUT2D eigenvalue weighted by molar-refractivity contribution is 9.10. The molecule has 3 aromatic rings. The van der Waals surface area contributed by atoms with E-state index in [0.29, 0.717) is 10.3 Å². The van der Waals surface area contributed by atoms with Crippen LogP contribution in [-0.2, 0) is 0 Å². The van der Waals surface area contributed by atoms with Crippen LogP contribution in [0.1, 0.15) is 0 Å². The number of aromatic nitrogens is 3. The lowest BCUT2D eigenvalue weighted by molar-refractivity contribution is 0.158. The summed E-state index contributed by atoms with van der Waals surface area (Å²) in [4.78, 5) is 13.3. The summed E-state index contributed by atoms with van der Waals surface area (Å²) < 4.78 is 41.2. The first-order chi connectivity index (χ1) is 12.0. The fraction of sp³-hybridized carbons (Fsp3) is 0.133. The van der Waals surface area contributed by atoms with Crippen molar-refractivity contribution in [3.63, 3.8) is 0 Å². The summed E-state index contributed by atoms with van der Waals surface area (Å²) in [6.07, 6.45) is -1.24. The van der Waals surface area contributed by atoms with Gasteiger partial charge in [-0.3, -0.25) is 5.43 Å². The second kappa shape index (κ2) is 7.19. The van der Waals surface area contributed by atoms with Gasteiger partial charge in [0, 0.05) is 11.9 Å². The normalized spacial score (nSPS) is 11.1. The number of rotatable bonds is 5. The molecule has 25 heavy (non-hydrogen) atoms. The minimum Gasteiger partial charge on any atom is -0.320 e. The minimum absolute atomic E-state index is 0.0134. The first-order valence-electron chi connectivity index (χ1n) is 7.09. The third-order valence-electron chi connectivity index (χ3n) is 3.38. The number of nitrogen functional groups attached to an aromatic ring is 1. The molecule has 0 atom stereocenters. The van der Waals surface area contributed by atoms with Crippen LogP contribution in [0.2, 0.25) is 0 Å². The summed E-state index contributed by atoms with van der Waals surface area (Å²) in [6, 6.07) is 7.29. The molecule has 0 saturated carbocycles. The predicted molar refractivity (Wildman–Crippen MR) is 92.3 cm³/mol. The molecule has 0 fully saturated rings. The molecule has 0 aliphatic rings. The van der Waals surface area contributed by atoms with Crippen molar-refractivity contribution >= 4 is 44.3 Å². The second-order valence-corrected chi connectivity index (χ2v) is 5.80. The number of hydrazine groups is 1. The van der Waals surface area contributed by atoms with Gasteiger partial charge in [0.2, 0.25) is 5.95 Å². The van der Waals surface area contributed by atoms with Crippen molar-refractivity contribution in [1.82, 2.24) is 15.0 Å². The highest BCUT2D eigenvalue weighted by atomic mass is 79.9. The molecule has 0 aliphatic carbocycles. The van der Waals surface area contributed by atoms with E-state index in [1.54, 1.807) is 6.07 Å². The SMILES string of the molecule is NNc1nc(N(CC(F)F)c2ccnc(Br)c2)c2c(F)cccc2n1. The van der Waals surface area contributed by atoms with Crippen LogP contribution in [0.15, 0.2) is 41.1 Å². The lowest BCUT2D eigenvalue weighted by atomic mass is 10.2. The van der Waals surface area contributed by atoms with Crippen molar-refractivity contribution < 1.29 is 13.2 Å². The number of benzene rings is 1. The van der Waals surface area contributed by atoms with Crippen LogP contribution in [-0.4, -0.2) is 27.9 Å². The Kier molecular flexibility index (Phi) is 5.00. The minimum atomic E-state index is -2.68. The second-order valence-electron chi connectivity index (χ2n) is 4.99. The molecule has 0 saturated heterocycles. The van der Waals surface area contributed by atoms with Crippen LogP contribution >= 0.6 is 15.9 Å². The highest BCUT2D eigenvalue weighted by Crippen LogP contribution is 2.33. The largest absolute Gasteiger partial charge is 0.320 e. The maximum atomic E-state index is 14.4. The van der Waals surface area contributed by atoms with Gasteiger partial charge in [0.15, 0.2) is 0 Å². The van der Waals surface area contributed by atoms with Gasteiger partial charge in [-0.05, 0) is 40.2 Å². The summed E-state index contributed by atoms with van der Waals surface area (Å²) in [5.74, 6) is 4.70. The van der Waals surface area contributed by atoms with E-state index >= 15 is 0 Å². The molecule has 2 heterocycles. The Hall–Kier alpha value is -2.46. The molecule has 3 N–H and O–H groups in total. The Labute approximate surface area is 149 Å². The van der Waals surface area contributed by atoms with E-state index in [4.69, 9.17) is 5.84 Å². The number of nitrogens with two attached hydrogens (primary N) is 1. The Bertz CT molecular complexity index is 908. The number of nitrogens with zero attached hydrogens (tertiary/aromatic N) is 4. The van der Waals surface area contributed by atoms with E-state index in [-0.39, 0.29) is 22.7 Å². The Morgan fingerprint density at radius 1 is 1.24 bits per heavy atom. The summed E-state index contributed by atoms with van der Waals surface area (Å²) >= 11 is 3.20. The maximum absolute atomic E-state index is 14.4. The molecule has 6 nitrogen and oxygen atoms in total. The molecule has 0 radical (unpaired) electrons. The summed E-state index contributed by atoms with van der Waals surface area (Å²) in [7, 11) is 0. The maximum Gasteiger partial charge on any atom is 0.256 e. The summed E-state index contributed by atoms with van der Waals surface area (Å²) in [5.41, 5.74) is 2.88. The molecule has 0 unspecified atom stereocenters. The van der Waals surface area contributed by atoms with Gasteiger partial charge in [0.05, 0.1) is 17.4 Å². The monoisotopic (exact) mass is 412 g/mol. The van der Waals surface area contributed by atoms with Crippen molar-refractivity contribution in [1.29, 1.82) is 0 Å². The van der Waals surface area contributed by atoms with Crippen LogP contribution in [0.4, 0.5) is 30.6 Å².